The number of aliphatic hydroxyl groups is 2. The number of anilines is 2. The third-order valence-corrected chi connectivity index (χ3v) is 9.47. The van der Waals surface area contributed by atoms with Crippen LogP contribution in [-0.2, 0) is 28.3 Å². The van der Waals surface area contributed by atoms with E-state index in [1.54, 1.807) is 9.58 Å². The van der Waals surface area contributed by atoms with Gasteiger partial charge in [0.1, 0.15) is 0 Å². The van der Waals surface area contributed by atoms with E-state index >= 15 is 0 Å². The molecule has 0 radical (unpaired) electrons. The van der Waals surface area contributed by atoms with Gasteiger partial charge >= 0.3 is 0 Å². The Bertz CT molecular complexity index is 1720. The molecule has 6 rings (SSSR count). The van der Waals surface area contributed by atoms with Crippen molar-refractivity contribution in [1.82, 2.24) is 15.0 Å². The predicted molar refractivity (Wildman–Crippen MR) is 182 cm³/mol. The van der Waals surface area contributed by atoms with Gasteiger partial charge in [0.05, 0.1) is 30.5 Å². The summed E-state index contributed by atoms with van der Waals surface area (Å²) in [6.07, 6.45) is 11.0. The largest absolute Gasteiger partial charge is 0.395 e. The van der Waals surface area contributed by atoms with Crippen molar-refractivity contribution in [2.45, 2.75) is 70.1 Å². The van der Waals surface area contributed by atoms with Gasteiger partial charge in [-0.25, -0.2) is 0 Å². The number of carbonyl (C=O) groups is 2. The maximum atomic E-state index is 14.1. The van der Waals surface area contributed by atoms with Gasteiger partial charge in [-0.1, -0.05) is 97.8 Å². The van der Waals surface area contributed by atoms with Crippen molar-refractivity contribution >= 4 is 23.2 Å². The number of hydrogen-bond acceptors (Lipinski definition) is 6. The fraction of sp³-hybridized carbons (Fsp3) is 0.368. The zero-order valence-corrected chi connectivity index (χ0v) is 26.9. The Balaban J connectivity index is 1.13. The highest BCUT2D eigenvalue weighted by atomic mass is 16.3. The molecule has 9 heteroatoms. The van der Waals surface area contributed by atoms with Gasteiger partial charge in [-0.3, -0.25) is 14.3 Å². The summed E-state index contributed by atoms with van der Waals surface area (Å²) >= 11 is 0. The number of rotatable bonds is 11. The second-order valence-corrected chi connectivity index (χ2v) is 12.6. The molecule has 2 aliphatic rings. The highest BCUT2D eigenvalue weighted by Crippen LogP contribution is 2.45. The molecule has 244 valence electrons. The normalized spacial score (nSPS) is 19.9. The van der Waals surface area contributed by atoms with Crippen LogP contribution in [0.15, 0.2) is 97.2 Å². The van der Waals surface area contributed by atoms with Gasteiger partial charge < -0.3 is 20.0 Å². The van der Waals surface area contributed by atoms with E-state index in [1.165, 1.54) is 0 Å². The lowest BCUT2D eigenvalue weighted by molar-refractivity contribution is -0.139. The smallest absolute Gasteiger partial charge is 0.264 e. The van der Waals surface area contributed by atoms with Crippen LogP contribution in [0.3, 0.4) is 0 Å². The van der Waals surface area contributed by atoms with Crippen molar-refractivity contribution in [2.75, 3.05) is 23.0 Å². The Kier molecular flexibility index (Phi) is 9.94. The maximum absolute atomic E-state index is 14.1. The fourth-order valence-electron chi connectivity index (χ4n) is 6.78. The Morgan fingerprint density at radius 2 is 1.74 bits per heavy atom. The molecule has 2 aliphatic heterocycles. The van der Waals surface area contributed by atoms with Crippen molar-refractivity contribution in [1.29, 1.82) is 0 Å². The molecule has 3 aromatic carbocycles. The maximum Gasteiger partial charge on any atom is 0.264 e. The molecule has 0 bridgehead atoms. The molecule has 47 heavy (non-hydrogen) atoms. The van der Waals surface area contributed by atoms with Crippen LogP contribution in [-0.4, -0.2) is 50.2 Å². The van der Waals surface area contributed by atoms with Gasteiger partial charge in [-0.2, -0.15) is 0 Å². The SMILES string of the molecule is C[C@H](/C=C/CCn1cc(C(CO)c2ccccc2)nn1)[C@@]1(O)C(=O)N(Cc2cccc(N3CCCCCCC3=O)c2)c2ccccc21. The molecule has 1 saturated heterocycles. The predicted octanol–water partition coefficient (Wildman–Crippen LogP) is 5.72. The van der Waals surface area contributed by atoms with Gasteiger partial charge in [0, 0.05) is 42.9 Å². The van der Waals surface area contributed by atoms with E-state index < -0.39 is 11.5 Å². The summed E-state index contributed by atoms with van der Waals surface area (Å²) in [6, 6.07) is 25.0. The molecule has 1 fully saturated rings. The summed E-state index contributed by atoms with van der Waals surface area (Å²) in [5.74, 6) is -0.949. The van der Waals surface area contributed by atoms with Crippen LogP contribution in [0.5, 0.6) is 0 Å². The number of aromatic nitrogens is 3. The lowest BCUT2D eigenvalue weighted by atomic mass is 9.83. The molecule has 1 unspecified atom stereocenters. The average molecular weight is 634 g/mol. The second-order valence-electron chi connectivity index (χ2n) is 12.6. The topological polar surface area (TPSA) is 112 Å². The number of aryl methyl sites for hydroxylation is 1. The van der Waals surface area contributed by atoms with Gasteiger partial charge in [0.25, 0.3) is 5.91 Å². The van der Waals surface area contributed by atoms with E-state index in [0.717, 1.165) is 42.5 Å². The third kappa shape index (κ3) is 6.77. The summed E-state index contributed by atoms with van der Waals surface area (Å²) in [7, 11) is 0. The number of hydrogen-bond donors (Lipinski definition) is 2. The van der Waals surface area contributed by atoms with Crippen molar-refractivity contribution in [3.8, 4) is 0 Å². The van der Waals surface area contributed by atoms with E-state index in [9.17, 15) is 19.8 Å². The molecule has 3 heterocycles. The van der Waals surface area contributed by atoms with Crippen LogP contribution in [0.4, 0.5) is 11.4 Å². The van der Waals surface area contributed by atoms with E-state index in [2.05, 4.69) is 10.3 Å². The van der Waals surface area contributed by atoms with E-state index in [1.807, 2.05) is 109 Å². The molecule has 9 nitrogen and oxygen atoms in total. The van der Waals surface area contributed by atoms with Crippen LogP contribution in [0.1, 0.15) is 73.8 Å². The summed E-state index contributed by atoms with van der Waals surface area (Å²) < 4.78 is 1.75. The Morgan fingerprint density at radius 1 is 0.957 bits per heavy atom. The van der Waals surface area contributed by atoms with Crippen molar-refractivity contribution < 1.29 is 19.8 Å². The second kappa shape index (κ2) is 14.4. The average Bonchev–Trinajstić information content (AvgIpc) is 3.63. The van der Waals surface area contributed by atoms with Crippen LogP contribution in [0, 0.1) is 5.92 Å². The molecule has 2 amide bonds. The summed E-state index contributed by atoms with van der Waals surface area (Å²) in [5.41, 5.74) is 3.01. The first-order chi connectivity index (χ1) is 22.9. The molecule has 3 atom stereocenters. The van der Waals surface area contributed by atoms with Crippen LogP contribution < -0.4 is 9.80 Å². The number of benzene rings is 3. The molecular weight excluding hydrogens is 590 g/mol. The van der Waals surface area contributed by atoms with E-state index in [0.29, 0.717) is 42.9 Å². The number of amides is 2. The van der Waals surface area contributed by atoms with Gasteiger partial charge in [0.2, 0.25) is 5.91 Å². The molecule has 1 aromatic heterocycles. The first kappa shape index (κ1) is 32.3. The highest BCUT2D eigenvalue weighted by Gasteiger charge is 2.52. The molecular formula is C38H43N5O4. The van der Waals surface area contributed by atoms with E-state index in [-0.39, 0.29) is 30.9 Å². The van der Waals surface area contributed by atoms with Gasteiger partial charge in [-0.15, -0.1) is 5.10 Å². The van der Waals surface area contributed by atoms with Crippen molar-refractivity contribution in [3.05, 3.63) is 120 Å². The number of carbonyl (C=O) groups excluding carboxylic acids is 2. The Morgan fingerprint density at radius 3 is 2.57 bits per heavy atom. The molecule has 0 aliphatic carbocycles. The zero-order valence-electron chi connectivity index (χ0n) is 26.9. The number of allylic oxidation sites excluding steroid dienone is 1. The standard InChI is InChI=1S/C38H43N5O4/c1-28(14-10-12-22-41-26-34(39-40-41)32(27-44)30-16-5-4-6-17-30)38(47)33-19-8-9-20-35(33)43(37(38)46)25-29-15-13-18-31(24-29)42-23-11-3-2-7-21-36(42)45/h4-6,8-10,13-20,24,26,28,32,44,47H,2-3,7,11-12,21-23,25,27H2,1H3/b14-10+/t28-,32?,38+/m1/s1. The third-order valence-electron chi connectivity index (χ3n) is 9.47. The number of aliphatic hydroxyl groups excluding tert-OH is 1. The fourth-order valence-corrected chi connectivity index (χ4v) is 6.78. The summed E-state index contributed by atoms with van der Waals surface area (Å²) in [5, 5.41) is 30.6. The zero-order chi connectivity index (χ0) is 32.8. The van der Waals surface area contributed by atoms with Crippen molar-refractivity contribution in [2.24, 2.45) is 5.92 Å². The van der Waals surface area contributed by atoms with E-state index in [4.69, 9.17) is 0 Å². The minimum Gasteiger partial charge on any atom is -0.395 e. The van der Waals surface area contributed by atoms with Crippen LogP contribution in [0.25, 0.3) is 0 Å². The summed E-state index contributed by atoms with van der Waals surface area (Å²) in [6.45, 7) is 3.36. The molecule has 4 aromatic rings. The van der Waals surface area contributed by atoms with Crippen LogP contribution in [0.2, 0.25) is 0 Å². The molecule has 0 saturated carbocycles. The molecule has 0 spiro atoms. The summed E-state index contributed by atoms with van der Waals surface area (Å²) in [4.78, 5) is 30.5. The Hall–Kier alpha value is -4.60. The first-order valence-electron chi connectivity index (χ1n) is 16.7. The first-order valence-corrected chi connectivity index (χ1v) is 16.7. The minimum atomic E-state index is -1.71. The van der Waals surface area contributed by atoms with Crippen molar-refractivity contribution in [3.63, 3.8) is 0 Å². The number of nitrogens with zero attached hydrogens (tertiary/aromatic N) is 5. The molecule has 2 N–H and O–H groups in total. The minimum absolute atomic E-state index is 0.0607. The number of fused-ring (bicyclic) bond motifs is 1. The quantitative estimate of drug-likeness (QED) is 0.205. The lowest BCUT2D eigenvalue weighted by Crippen LogP contribution is -2.44. The van der Waals surface area contributed by atoms with Gasteiger partial charge in [-0.05, 0) is 48.6 Å². The lowest BCUT2D eigenvalue weighted by Gasteiger charge is -2.28. The van der Waals surface area contributed by atoms with Gasteiger partial charge in [0.15, 0.2) is 5.60 Å². The monoisotopic (exact) mass is 633 g/mol. The Labute approximate surface area is 276 Å². The highest BCUT2D eigenvalue weighted by molar-refractivity contribution is 6.07. The van der Waals surface area contributed by atoms with Crippen LogP contribution >= 0.6 is 0 Å². The number of para-hydroxylation sites is 1.